The summed E-state index contributed by atoms with van der Waals surface area (Å²) in [6.07, 6.45) is 2.62. The molecule has 0 saturated carbocycles. The van der Waals surface area contributed by atoms with E-state index in [9.17, 15) is 0 Å². The first kappa shape index (κ1) is 10.2. The maximum absolute atomic E-state index is 5.96. The van der Waals surface area contributed by atoms with Gasteiger partial charge in [0.15, 0.2) is 0 Å². The summed E-state index contributed by atoms with van der Waals surface area (Å²) in [6, 6.07) is 1.99. The number of hydrogen-bond donors (Lipinski definition) is 1. The normalized spacial score (nSPS) is 13.2. The Morgan fingerprint density at radius 2 is 2.46 bits per heavy atom. The van der Waals surface area contributed by atoms with Crippen LogP contribution in [0.1, 0.15) is 25.1 Å². The summed E-state index contributed by atoms with van der Waals surface area (Å²) < 4.78 is 6.89. The Labute approximate surface area is 78.7 Å². The third-order valence-corrected chi connectivity index (χ3v) is 2.06. The molecule has 4 nitrogen and oxygen atoms in total. The molecule has 0 saturated heterocycles. The van der Waals surface area contributed by atoms with E-state index in [1.165, 1.54) is 0 Å². The van der Waals surface area contributed by atoms with Crippen LogP contribution in [0.3, 0.4) is 0 Å². The molecule has 1 aromatic heterocycles. The van der Waals surface area contributed by atoms with Crippen molar-refractivity contribution in [2.75, 3.05) is 13.7 Å². The molecule has 0 spiro atoms. The average molecular weight is 183 g/mol. The Morgan fingerprint density at radius 3 is 3.08 bits per heavy atom. The largest absolute Gasteiger partial charge is 0.385 e. The maximum atomic E-state index is 5.96. The molecule has 1 atom stereocenters. The van der Waals surface area contributed by atoms with E-state index in [-0.39, 0.29) is 6.04 Å². The van der Waals surface area contributed by atoms with Crippen LogP contribution in [0.2, 0.25) is 0 Å². The second-order valence-electron chi connectivity index (χ2n) is 2.96. The summed E-state index contributed by atoms with van der Waals surface area (Å²) in [5.41, 5.74) is 7.04. The average Bonchev–Trinajstić information content (AvgIpc) is 2.61. The third-order valence-electron chi connectivity index (χ3n) is 2.06. The number of ether oxygens (including phenoxy) is 1. The number of nitrogens with zero attached hydrogens (tertiary/aromatic N) is 2. The first-order valence-electron chi connectivity index (χ1n) is 4.55. The van der Waals surface area contributed by atoms with Crippen LogP contribution in [0.5, 0.6) is 0 Å². The van der Waals surface area contributed by atoms with Gasteiger partial charge in [-0.15, -0.1) is 0 Å². The molecule has 0 amide bonds. The van der Waals surface area contributed by atoms with Crippen LogP contribution in [-0.2, 0) is 11.3 Å². The van der Waals surface area contributed by atoms with E-state index < -0.39 is 0 Å². The Morgan fingerprint density at radius 1 is 1.69 bits per heavy atom. The SMILES string of the molecule is CCn1nccc1C(N)CCOC. The van der Waals surface area contributed by atoms with Crippen LogP contribution >= 0.6 is 0 Å². The molecule has 0 aliphatic carbocycles. The van der Waals surface area contributed by atoms with Crippen molar-refractivity contribution in [3.8, 4) is 0 Å². The van der Waals surface area contributed by atoms with Crippen LogP contribution in [0.25, 0.3) is 0 Å². The van der Waals surface area contributed by atoms with Crippen molar-refractivity contribution in [1.82, 2.24) is 9.78 Å². The van der Waals surface area contributed by atoms with E-state index in [0.717, 1.165) is 18.7 Å². The Balaban J connectivity index is 2.59. The van der Waals surface area contributed by atoms with Crippen LogP contribution in [-0.4, -0.2) is 23.5 Å². The molecular formula is C9H17N3O. The zero-order chi connectivity index (χ0) is 9.68. The molecule has 0 aromatic carbocycles. The minimum atomic E-state index is 0.0300. The summed E-state index contributed by atoms with van der Waals surface area (Å²) in [6.45, 7) is 3.61. The van der Waals surface area contributed by atoms with Gasteiger partial charge in [0.05, 0.1) is 5.69 Å². The fraction of sp³-hybridized carbons (Fsp3) is 0.667. The highest BCUT2D eigenvalue weighted by atomic mass is 16.5. The molecule has 4 heteroatoms. The fourth-order valence-corrected chi connectivity index (χ4v) is 1.31. The van der Waals surface area contributed by atoms with Gasteiger partial charge in [0.1, 0.15) is 0 Å². The number of aryl methyl sites for hydroxylation is 1. The Hall–Kier alpha value is -0.870. The van der Waals surface area contributed by atoms with Crippen LogP contribution in [0.15, 0.2) is 12.3 Å². The summed E-state index contributed by atoms with van der Waals surface area (Å²) in [4.78, 5) is 0. The van der Waals surface area contributed by atoms with E-state index in [2.05, 4.69) is 12.0 Å². The summed E-state index contributed by atoms with van der Waals surface area (Å²) in [5.74, 6) is 0. The minimum absolute atomic E-state index is 0.0300. The van der Waals surface area contributed by atoms with Crippen LogP contribution < -0.4 is 5.73 Å². The third kappa shape index (κ3) is 2.54. The lowest BCUT2D eigenvalue weighted by Crippen LogP contribution is -2.17. The lowest BCUT2D eigenvalue weighted by molar-refractivity contribution is 0.187. The fourth-order valence-electron chi connectivity index (χ4n) is 1.31. The smallest absolute Gasteiger partial charge is 0.0552 e. The number of hydrogen-bond acceptors (Lipinski definition) is 3. The zero-order valence-electron chi connectivity index (χ0n) is 8.23. The van der Waals surface area contributed by atoms with E-state index in [4.69, 9.17) is 10.5 Å². The summed E-state index contributed by atoms with van der Waals surface area (Å²) in [5, 5.41) is 4.16. The van der Waals surface area contributed by atoms with Gasteiger partial charge < -0.3 is 10.5 Å². The minimum Gasteiger partial charge on any atom is -0.385 e. The van der Waals surface area contributed by atoms with Gasteiger partial charge in [0.2, 0.25) is 0 Å². The van der Waals surface area contributed by atoms with Gasteiger partial charge in [0, 0.05) is 32.5 Å². The van der Waals surface area contributed by atoms with E-state index in [1.807, 2.05) is 10.7 Å². The van der Waals surface area contributed by atoms with Gasteiger partial charge in [-0.1, -0.05) is 0 Å². The molecule has 1 heterocycles. The molecule has 13 heavy (non-hydrogen) atoms. The number of methoxy groups -OCH3 is 1. The highest BCUT2D eigenvalue weighted by Gasteiger charge is 2.09. The maximum Gasteiger partial charge on any atom is 0.0552 e. The second-order valence-corrected chi connectivity index (χ2v) is 2.96. The molecule has 1 unspecified atom stereocenters. The highest BCUT2D eigenvalue weighted by Crippen LogP contribution is 2.12. The zero-order valence-corrected chi connectivity index (χ0v) is 8.23. The Bertz CT molecular complexity index is 247. The summed E-state index contributed by atoms with van der Waals surface area (Å²) >= 11 is 0. The van der Waals surface area contributed by atoms with Crippen LogP contribution in [0, 0.1) is 0 Å². The second kappa shape index (κ2) is 4.99. The Kier molecular flexibility index (Phi) is 3.92. The topological polar surface area (TPSA) is 53.1 Å². The van der Waals surface area contributed by atoms with Crippen molar-refractivity contribution in [3.63, 3.8) is 0 Å². The van der Waals surface area contributed by atoms with Gasteiger partial charge >= 0.3 is 0 Å². The van der Waals surface area contributed by atoms with Gasteiger partial charge in [-0.05, 0) is 19.4 Å². The van der Waals surface area contributed by atoms with Crippen molar-refractivity contribution in [2.45, 2.75) is 25.9 Å². The number of aromatic nitrogens is 2. The predicted molar refractivity (Wildman–Crippen MR) is 51.3 cm³/mol. The monoisotopic (exact) mass is 183 g/mol. The van der Waals surface area contributed by atoms with Crippen molar-refractivity contribution in [1.29, 1.82) is 0 Å². The molecule has 74 valence electrons. The van der Waals surface area contributed by atoms with Crippen molar-refractivity contribution < 1.29 is 4.74 Å². The van der Waals surface area contributed by atoms with Gasteiger partial charge in [-0.2, -0.15) is 5.10 Å². The van der Waals surface area contributed by atoms with Gasteiger partial charge in [0.25, 0.3) is 0 Å². The molecule has 0 radical (unpaired) electrons. The molecule has 0 fully saturated rings. The van der Waals surface area contributed by atoms with Crippen molar-refractivity contribution in [3.05, 3.63) is 18.0 Å². The molecule has 1 aromatic rings. The molecule has 0 aliphatic rings. The number of nitrogens with two attached hydrogens (primary N) is 1. The lowest BCUT2D eigenvalue weighted by atomic mass is 10.1. The molecule has 2 N–H and O–H groups in total. The van der Waals surface area contributed by atoms with E-state index >= 15 is 0 Å². The summed E-state index contributed by atoms with van der Waals surface area (Å²) in [7, 11) is 1.68. The highest BCUT2D eigenvalue weighted by molar-refractivity contribution is 5.05. The van der Waals surface area contributed by atoms with Crippen molar-refractivity contribution in [2.24, 2.45) is 5.73 Å². The predicted octanol–water partition coefficient (Wildman–Crippen LogP) is 0.939. The standard InChI is InChI=1S/C9H17N3O/c1-3-12-9(4-6-11-12)8(10)5-7-13-2/h4,6,8H,3,5,7,10H2,1-2H3. The first-order valence-corrected chi connectivity index (χ1v) is 4.55. The van der Waals surface area contributed by atoms with Crippen molar-refractivity contribution >= 4 is 0 Å². The molecule has 1 rings (SSSR count). The van der Waals surface area contributed by atoms with E-state index in [0.29, 0.717) is 6.61 Å². The lowest BCUT2D eigenvalue weighted by Gasteiger charge is -2.12. The first-order chi connectivity index (χ1) is 6.29. The van der Waals surface area contributed by atoms with Crippen LogP contribution in [0.4, 0.5) is 0 Å². The molecule has 0 aliphatic heterocycles. The van der Waals surface area contributed by atoms with Gasteiger partial charge in [-0.25, -0.2) is 0 Å². The quantitative estimate of drug-likeness (QED) is 0.739. The molecule has 0 bridgehead atoms. The number of rotatable bonds is 5. The molecular weight excluding hydrogens is 166 g/mol. The van der Waals surface area contributed by atoms with Gasteiger partial charge in [-0.3, -0.25) is 4.68 Å². The van der Waals surface area contributed by atoms with E-state index in [1.54, 1.807) is 13.3 Å².